The fourth-order valence-corrected chi connectivity index (χ4v) is 3.36. The van der Waals surface area contributed by atoms with Crippen LogP contribution < -0.4 is 0 Å². The van der Waals surface area contributed by atoms with E-state index >= 15 is 0 Å². The molecular formula is C16H22BrNO. The Labute approximate surface area is 123 Å². The van der Waals surface area contributed by atoms with Crippen LogP contribution in [0.5, 0.6) is 0 Å². The van der Waals surface area contributed by atoms with Crippen LogP contribution in [0.25, 0.3) is 11.1 Å². The van der Waals surface area contributed by atoms with E-state index in [9.17, 15) is 0 Å². The summed E-state index contributed by atoms with van der Waals surface area (Å²) in [6, 6.07) is 7.96. The number of aromatic nitrogens is 1. The summed E-state index contributed by atoms with van der Waals surface area (Å²) in [6.45, 7) is 4.51. The maximum Gasteiger partial charge on any atom is 0.196 e. The summed E-state index contributed by atoms with van der Waals surface area (Å²) in [7, 11) is 0. The fraction of sp³-hybridized carbons (Fsp3) is 0.562. The molecule has 0 N–H and O–H groups in total. The molecule has 2 aromatic rings. The molecule has 0 bridgehead atoms. The Bertz CT molecular complexity index is 475. The van der Waals surface area contributed by atoms with E-state index in [1.807, 2.05) is 24.3 Å². The van der Waals surface area contributed by atoms with Gasteiger partial charge in [-0.1, -0.05) is 61.2 Å². The lowest BCUT2D eigenvalue weighted by Crippen LogP contribution is -2.16. The van der Waals surface area contributed by atoms with Gasteiger partial charge in [0.1, 0.15) is 5.52 Å². The van der Waals surface area contributed by atoms with Crippen LogP contribution in [0.2, 0.25) is 0 Å². The van der Waals surface area contributed by atoms with Gasteiger partial charge in [-0.2, -0.15) is 0 Å². The van der Waals surface area contributed by atoms with Gasteiger partial charge >= 0.3 is 0 Å². The highest BCUT2D eigenvalue weighted by atomic mass is 79.9. The molecule has 0 aliphatic rings. The van der Waals surface area contributed by atoms with Gasteiger partial charge in [-0.15, -0.1) is 0 Å². The van der Waals surface area contributed by atoms with Crippen molar-refractivity contribution in [2.45, 2.75) is 50.8 Å². The second kappa shape index (κ2) is 7.09. The Kier molecular flexibility index (Phi) is 5.44. The zero-order valence-electron chi connectivity index (χ0n) is 11.7. The number of hydrogen-bond donors (Lipinski definition) is 0. The third-order valence-corrected chi connectivity index (χ3v) is 4.74. The average molecular weight is 324 g/mol. The second-order valence-electron chi connectivity index (χ2n) is 5.11. The van der Waals surface area contributed by atoms with Gasteiger partial charge in [0.05, 0.1) is 0 Å². The second-order valence-corrected chi connectivity index (χ2v) is 6.28. The zero-order valence-corrected chi connectivity index (χ0v) is 13.3. The molecule has 0 aliphatic heterocycles. The van der Waals surface area contributed by atoms with Crippen molar-refractivity contribution in [1.82, 2.24) is 4.98 Å². The van der Waals surface area contributed by atoms with Gasteiger partial charge in [-0.05, 0) is 24.5 Å². The van der Waals surface area contributed by atoms with E-state index < -0.39 is 0 Å². The number of hydrogen-bond acceptors (Lipinski definition) is 2. The first-order valence-corrected chi connectivity index (χ1v) is 8.14. The van der Waals surface area contributed by atoms with Crippen LogP contribution >= 0.6 is 15.9 Å². The predicted molar refractivity (Wildman–Crippen MR) is 83.7 cm³/mol. The molecule has 1 aromatic heterocycles. The van der Waals surface area contributed by atoms with E-state index in [-0.39, 0.29) is 0 Å². The predicted octanol–water partition coefficient (Wildman–Crippen LogP) is 5.35. The molecular weight excluding hydrogens is 302 g/mol. The summed E-state index contributed by atoms with van der Waals surface area (Å²) in [6.07, 6.45) is 5.92. The Morgan fingerprint density at radius 1 is 1.26 bits per heavy atom. The molecule has 0 saturated carbocycles. The summed E-state index contributed by atoms with van der Waals surface area (Å²) < 4.78 is 5.80. The van der Waals surface area contributed by atoms with Gasteiger partial charge in [0.25, 0.3) is 0 Å². The number of unbranched alkanes of at least 4 members (excludes halogenated alkanes) is 1. The zero-order chi connectivity index (χ0) is 13.7. The molecule has 2 nitrogen and oxygen atoms in total. The first-order chi connectivity index (χ1) is 9.24. The van der Waals surface area contributed by atoms with Crippen molar-refractivity contribution in [3.63, 3.8) is 0 Å². The Hall–Kier alpha value is -0.830. The third kappa shape index (κ3) is 3.82. The van der Waals surface area contributed by atoms with Crippen molar-refractivity contribution >= 4 is 27.0 Å². The van der Waals surface area contributed by atoms with Crippen molar-refractivity contribution in [3.8, 4) is 0 Å². The average Bonchev–Trinajstić information content (AvgIpc) is 2.81. The number of benzene rings is 1. The van der Waals surface area contributed by atoms with E-state index in [1.54, 1.807) is 0 Å². The molecule has 0 fully saturated rings. The minimum Gasteiger partial charge on any atom is -0.441 e. The molecule has 19 heavy (non-hydrogen) atoms. The van der Waals surface area contributed by atoms with Gasteiger partial charge < -0.3 is 4.42 Å². The lowest BCUT2D eigenvalue weighted by molar-refractivity contribution is 0.414. The molecule has 104 valence electrons. The topological polar surface area (TPSA) is 26.0 Å². The minimum atomic E-state index is 0.456. The van der Waals surface area contributed by atoms with Gasteiger partial charge in [-0.25, -0.2) is 4.98 Å². The summed E-state index contributed by atoms with van der Waals surface area (Å²) in [5, 5.41) is 0. The first kappa shape index (κ1) is 14.6. The summed E-state index contributed by atoms with van der Waals surface area (Å²) in [4.78, 5) is 5.01. The van der Waals surface area contributed by atoms with Crippen molar-refractivity contribution in [3.05, 3.63) is 30.2 Å². The Balaban J connectivity index is 2.02. The number of halogens is 1. The van der Waals surface area contributed by atoms with E-state index in [1.165, 1.54) is 25.7 Å². The molecule has 0 amide bonds. The molecule has 2 rings (SSSR count). The van der Waals surface area contributed by atoms with Gasteiger partial charge in [0.2, 0.25) is 0 Å². The number of alkyl halides is 1. The fourth-order valence-electron chi connectivity index (χ4n) is 2.45. The summed E-state index contributed by atoms with van der Waals surface area (Å²) >= 11 is 3.83. The molecule has 2 unspecified atom stereocenters. The van der Waals surface area contributed by atoms with Crippen LogP contribution in [0.15, 0.2) is 28.7 Å². The molecule has 1 heterocycles. The summed E-state index contributed by atoms with van der Waals surface area (Å²) in [5.74, 6) is 1.55. The SMILES string of the molecule is CCCCC(CC)C(Br)Cc1nc2ccccc2o1. The molecule has 1 aromatic carbocycles. The number of rotatable bonds is 7. The standard InChI is InChI=1S/C16H22BrNO/c1-3-5-8-12(4-2)13(17)11-16-18-14-9-6-7-10-15(14)19-16/h6-7,9-10,12-13H,3-5,8,11H2,1-2H3. The molecule has 0 radical (unpaired) electrons. The van der Waals surface area contributed by atoms with Crippen molar-refractivity contribution < 1.29 is 4.42 Å². The largest absolute Gasteiger partial charge is 0.441 e. The molecule has 3 heteroatoms. The first-order valence-electron chi connectivity index (χ1n) is 7.23. The third-order valence-electron chi connectivity index (χ3n) is 3.67. The van der Waals surface area contributed by atoms with Gasteiger partial charge in [0.15, 0.2) is 11.5 Å². The number of oxazole rings is 1. The summed E-state index contributed by atoms with van der Waals surface area (Å²) in [5.41, 5.74) is 1.85. The van der Waals surface area contributed by atoms with E-state index in [0.717, 1.165) is 23.4 Å². The monoisotopic (exact) mass is 323 g/mol. The van der Waals surface area contributed by atoms with E-state index in [0.29, 0.717) is 10.7 Å². The van der Waals surface area contributed by atoms with Gasteiger partial charge in [0, 0.05) is 11.2 Å². The Morgan fingerprint density at radius 3 is 2.74 bits per heavy atom. The van der Waals surface area contributed by atoms with Crippen molar-refractivity contribution in [2.24, 2.45) is 5.92 Å². The molecule has 0 spiro atoms. The van der Waals surface area contributed by atoms with Crippen LogP contribution in [0.1, 0.15) is 45.4 Å². The van der Waals surface area contributed by atoms with Crippen molar-refractivity contribution in [1.29, 1.82) is 0 Å². The van der Waals surface area contributed by atoms with Crippen LogP contribution in [0.3, 0.4) is 0 Å². The lowest BCUT2D eigenvalue weighted by atomic mass is 9.94. The molecule has 0 aliphatic carbocycles. The molecule has 2 atom stereocenters. The molecule has 0 saturated heterocycles. The van der Waals surface area contributed by atoms with E-state index in [2.05, 4.69) is 34.8 Å². The maximum absolute atomic E-state index is 5.80. The Morgan fingerprint density at radius 2 is 2.05 bits per heavy atom. The smallest absolute Gasteiger partial charge is 0.196 e. The van der Waals surface area contributed by atoms with Crippen LogP contribution in [0, 0.1) is 5.92 Å². The number of fused-ring (bicyclic) bond motifs is 1. The number of nitrogens with zero attached hydrogens (tertiary/aromatic N) is 1. The van der Waals surface area contributed by atoms with E-state index in [4.69, 9.17) is 4.42 Å². The van der Waals surface area contributed by atoms with Crippen LogP contribution in [0.4, 0.5) is 0 Å². The van der Waals surface area contributed by atoms with Crippen molar-refractivity contribution in [2.75, 3.05) is 0 Å². The van der Waals surface area contributed by atoms with Crippen LogP contribution in [-0.4, -0.2) is 9.81 Å². The maximum atomic E-state index is 5.80. The lowest BCUT2D eigenvalue weighted by Gasteiger charge is -2.19. The highest BCUT2D eigenvalue weighted by Crippen LogP contribution is 2.26. The highest BCUT2D eigenvalue weighted by molar-refractivity contribution is 9.09. The van der Waals surface area contributed by atoms with Crippen LogP contribution in [-0.2, 0) is 6.42 Å². The minimum absolute atomic E-state index is 0.456. The number of para-hydroxylation sites is 2. The highest BCUT2D eigenvalue weighted by Gasteiger charge is 2.19. The normalized spacial score (nSPS) is 14.7. The van der Waals surface area contributed by atoms with Gasteiger partial charge in [-0.3, -0.25) is 0 Å². The quantitative estimate of drug-likeness (QED) is 0.642.